The van der Waals surface area contributed by atoms with Crippen molar-refractivity contribution >= 4 is 11.7 Å². The number of aliphatic hydroxyl groups is 1. The molecule has 2 amide bonds. The Kier molecular flexibility index (Phi) is 5.12. The number of benzene rings is 1. The summed E-state index contributed by atoms with van der Waals surface area (Å²) in [5, 5.41) is 11.6. The molecule has 22 heavy (non-hydrogen) atoms. The number of urea groups is 1. The molecule has 0 unspecified atom stereocenters. The van der Waals surface area contributed by atoms with Gasteiger partial charge in [0.05, 0.1) is 0 Å². The number of hydrogen-bond donors (Lipinski definition) is 2. The molecule has 0 saturated carbocycles. The molecule has 1 aliphatic heterocycles. The molecule has 1 saturated heterocycles. The normalized spacial score (nSPS) is 16.5. The molecule has 0 radical (unpaired) electrons. The van der Waals surface area contributed by atoms with Gasteiger partial charge < -0.3 is 20.1 Å². The van der Waals surface area contributed by atoms with Crippen LogP contribution < -0.4 is 10.1 Å². The van der Waals surface area contributed by atoms with E-state index in [1.807, 2.05) is 0 Å². The predicted molar refractivity (Wildman–Crippen MR) is 73.5 cm³/mol. The Morgan fingerprint density at radius 2 is 2.05 bits per heavy atom. The second-order valence-corrected chi connectivity index (χ2v) is 5.12. The first-order valence-electron chi connectivity index (χ1n) is 6.90. The van der Waals surface area contributed by atoms with Crippen molar-refractivity contribution in [2.45, 2.75) is 19.2 Å². The minimum Gasteiger partial charge on any atom is -0.406 e. The zero-order valence-electron chi connectivity index (χ0n) is 11.8. The minimum absolute atomic E-state index is 0.103. The molecule has 5 nitrogen and oxygen atoms in total. The maximum atomic E-state index is 12.2. The van der Waals surface area contributed by atoms with E-state index in [4.69, 9.17) is 5.11 Å². The van der Waals surface area contributed by atoms with Gasteiger partial charge in [0.2, 0.25) is 0 Å². The summed E-state index contributed by atoms with van der Waals surface area (Å²) in [7, 11) is 0. The molecule has 0 bridgehead atoms. The van der Waals surface area contributed by atoms with E-state index in [1.165, 1.54) is 12.1 Å². The van der Waals surface area contributed by atoms with Gasteiger partial charge in [-0.3, -0.25) is 0 Å². The molecule has 0 aromatic heterocycles. The highest BCUT2D eigenvalue weighted by atomic mass is 19.4. The predicted octanol–water partition coefficient (Wildman–Crippen LogP) is 2.82. The van der Waals surface area contributed by atoms with Crippen molar-refractivity contribution in [3.63, 3.8) is 0 Å². The summed E-state index contributed by atoms with van der Waals surface area (Å²) in [6.07, 6.45) is -3.35. The molecule has 8 heteroatoms. The lowest BCUT2D eigenvalue weighted by Crippen LogP contribution is -2.41. The Labute approximate surface area is 125 Å². The molecule has 0 aliphatic carbocycles. The fraction of sp³-hybridized carbons (Fsp3) is 0.500. The first kappa shape index (κ1) is 16.4. The van der Waals surface area contributed by atoms with Crippen LogP contribution in [0.25, 0.3) is 0 Å². The summed E-state index contributed by atoms with van der Waals surface area (Å²) >= 11 is 0. The van der Waals surface area contributed by atoms with Gasteiger partial charge in [0.15, 0.2) is 0 Å². The Morgan fingerprint density at radius 1 is 1.36 bits per heavy atom. The smallest absolute Gasteiger partial charge is 0.406 e. The average molecular weight is 318 g/mol. The van der Waals surface area contributed by atoms with Gasteiger partial charge in [-0.25, -0.2) is 4.79 Å². The molecule has 1 aromatic carbocycles. The van der Waals surface area contributed by atoms with Gasteiger partial charge in [-0.05, 0) is 30.9 Å². The molecule has 1 aromatic rings. The Hall–Kier alpha value is -1.96. The number of carbonyl (C=O) groups is 1. The first-order chi connectivity index (χ1) is 10.4. The fourth-order valence-electron chi connectivity index (χ4n) is 2.29. The molecule has 1 heterocycles. The number of amides is 2. The summed E-state index contributed by atoms with van der Waals surface area (Å²) in [5.74, 6) is -0.183. The molecule has 122 valence electrons. The van der Waals surface area contributed by atoms with Crippen molar-refractivity contribution in [1.29, 1.82) is 0 Å². The lowest BCUT2D eigenvalue weighted by atomic mass is 9.98. The van der Waals surface area contributed by atoms with E-state index in [0.717, 1.165) is 12.1 Å². The number of likely N-dealkylation sites (tertiary alicyclic amines) is 1. The zero-order valence-corrected chi connectivity index (χ0v) is 11.8. The summed E-state index contributed by atoms with van der Waals surface area (Å²) in [6.45, 7) is 1.12. The van der Waals surface area contributed by atoms with Gasteiger partial charge in [0.25, 0.3) is 0 Å². The van der Waals surface area contributed by atoms with Crippen molar-refractivity contribution in [3.8, 4) is 5.75 Å². The number of halogens is 3. The minimum atomic E-state index is -4.77. The fourth-order valence-corrected chi connectivity index (χ4v) is 2.29. The van der Waals surface area contributed by atoms with E-state index in [9.17, 15) is 18.0 Å². The SMILES string of the molecule is O=C(Nc1cccc(OC(F)(F)F)c1)N1CCC(CO)CC1. The Balaban J connectivity index is 1.93. The number of rotatable bonds is 3. The molecule has 1 aliphatic rings. The van der Waals surface area contributed by atoms with E-state index in [0.29, 0.717) is 25.9 Å². The second-order valence-electron chi connectivity index (χ2n) is 5.12. The highest BCUT2D eigenvalue weighted by Gasteiger charge is 2.31. The van der Waals surface area contributed by atoms with E-state index < -0.39 is 6.36 Å². The maximum Gasteiger partial charge on any atom is 0.573 e. The quantitative estimate of drug-likeness (QED) is 0.901. The number of nitrogens with zero attached hydrogens (tertiary/aromatic N) is 1. The van der Waals surface area contributed by atoms with Gasteiger partial charge in [-0.1, -0.05) is 6.07 Å². The van der Waals surface area contributed by atoms with Crippen LogP contribution in [0.1, 0.15) is 12.8 Å². The van der Waals surface area contributed by atoms with E-state index in [2.05, 4.69) is 10.1 Å². The second kappa shape index (κ2) is 6.87. The van der Waals surface area contributed by atoms with Gasteiger partial charge in [0, 0.05) is 31.5 Å². The van der Waals surface area contributed by atoms with Crippen molar-refractivity contribution in [1.82, 2.24) is 4.90 Å². The molecular formula is C14H17F3N2O3. The van der Waals surface area contributed by atoms with Crippen LogP contribution in [0.2, 0.25) is 0 Å². The number of hydrogen-bond acceptors (Lipinski definition) is 3. The standard InChI is InChI=1S/C14H17F3N2O3/c15-14(16,17)22-12-3-1-2-11(8-12)18-13(21)19-6-4-10(9-20)5-7-19/h1-3,8,10,20H,4-7,9H2,(H,18,21). The first-order valence-corrected chi connectivity index (χ1v) is 6.90. The topological polar surface area (TPSA) is 61.8 Å². The largest absolute Gasteiger partial charge is 0.573 e. The van der Waals surface area contributed by atoms with Gasteiger partial charge in [-0.15, -0.1) is 13.2 Å². The molecule has 1 fully saturated rings. The highest BCUT2D eigenvalue weighted by molar-refractivity contribution is 5.89. The summed E-state index contributed by atoms with van der Waals surface area (Å²) in [5.41, 5.74) is 0.232. The van der Waals surface area contributed by atoms with Crippen LogP contribution in [-0.2, 0) is 0 Å². The van der Waals surface area contributed by atoms with Gasteiger partial charge in [0.1, 0.15) is 5.75 Å². The zero-order chi connectivity index (χ0) is 16.2. The number of aliphatic hydroxyl groups excluding tert-OH is 1. The van der Waals surface area contributed by atoms with Crippen molar-refractivity contribution < 1.29 is 27.8 Å². The van der Waals surface area contributed by atoms with Crippen LogP contribution in [0, 0.1) is 5.92 Å². The Morgan fingerprint density at radius 3 is 2.64 bits per heavy atom. The van der Waals surface area contributed by atoms with Crippen LogP contribution in [-0.4, -0.2) is 42.1 Å². The third-order valence-electron chi connectivity index (χ3n) is 3.48. The summed E-state index contributed by atoms with van der Waals surface area (Å²) in [6, 6.07) is 4.76. The van der Waals surface area contributed by atoms with Crippen molar-refractivity contribution in [2.24, 2.45) is 5.92 Å². The molecule has 2 rings (SSSR count). The monoisotopic (exact) mass is 318 g/mol. The third kappa shape index (κ3) is 4.80. The van der Waals surface area contributed by atoms with Crippen molar-refractivity contribution in [3.05, 3.63) is 24.3 Å². The van der Waals surface area contributed by atoms with Crippen molar-refractivity contribution in [2.75, 3.05) is 25.0 Å². The lowest BCUT2D eigenvalue weighted by molar-refractivity contribution is -0.274. The van der Waals surface area contributed by atoms with E-state index in [1.54, 1.807) is 4.90 Å². The summed E-state index contributed by atoms with van der Waals surface area (Å²) in [4.78, 5) is 13.6. The van der Waals surface area contributed by atoms with E-state index in [-0.39, 0.29) is 30.0 Å². The van der Waals surface area contributed by atoms with Crippen LogP contribution in [0.3, 0.4) is 0 Å². The highest BCUT2D eigenvalue weighted by Crippen LogP contribution is 2.25. The summed E-state index contributed by atoms with van der Waals surface area (Å²) < 4.78 is 40.3. The van der Waals surface area contributed by atoms with Gasteiger partial charge in [-0.2, -0.15) is 0 Å². The number of anilines is 1. The number of nitrogens with one attached hydrogen (secondary N) is 1. The Bertz CT molecular complexity index is 514. The average Bonchev–Trinajstić information content (AvgIpc) is 2.46. The number of carbonyl (C=O) groups excluding carboxylic acids is 1. The third-order valence-corrected chi connectivity index (χ3v) is 3.48. The van der Waals surface area contributed by atoms with Crippen LogP contribution >= 0.6 is 0 Å². The number of alkyl halides is 3. The van der Waals surface area contributed by atoms with Crippen LogP contribution in [0.5, 0.6) is 5.75 Å². The number of piperidine rings is 1. The maximum absolute atomic E-state index is 12.2. The van der Waals surface area contributed by atoms with Gasteiger partial charge >= 0.3 is 12.4 Å². The van der Waals surface area contributed by atoms with Crippen LogP contribution in [0.15, 0.2) is 24.3 Å². The molecular weight excluding hydrogens is 301 g/mol. The molecule has 0 atom stereocenters. The molecule has 2 N–H and O–H groups in total. The van der Waals surface area contributed by atoms with E-state index >= 15 is 0 Å². The lowest BCUT2D eigenvalue weighted by Gasteiger charge is -2.31. The number of ether oxygens (including phenoxy) is 1. The van der Waals surface area contributed by atoms with Crippen LogP contribution in [0.4, 0.5) is 23.7 Å². The molecule has 0 spiro atoms.